The van der Waals surface area contributed by atoms with Crippen LogP contribution in [0, 0.1) is 0 Å². The lowest BCUT2D eigenvalue weighted by Gasteiger charge is -2.09. The number of halogens is 1. The number of carbonyl (C=O) groups is 1. The minimum absolute atomic E-state index is 0.122. The SMILES string of the molecule is COc1ccc(C[C@H]2NC(=O)n3c2nc2cc(Br)ccc23)cc1. The Hall–Kier alpha value is -2.34. The summed E-state index contributed by atoms with van der Waals surface area (Å²) in [6.07, 6.45) is 0.695. The van der Waals surface area contributed by atoms with Crippen LogP contribution in [0.5, 0.6) is 5.75 Å². The van der Waals surface area contributed by atoms with Gasteiger partial charge in [-0.05, 0) is 42.3 Å². The number of rotatable bonds is 3. The van der Waals surface area contributed by atoms with Crippen molar-refractivity contribution in [2.75, 3.05) is 7.11 Å². The number of nitrogens with one attached hydrogen (secondary N) is 1. The van der Waals surface area contributed by atoms with Crippen LogP contribution < -0.4 is 10.1 Å². The Balaban J connectivity index is 1.70. The molecule has 1 atom stereocenters. The van der Waals surface area contributed by atoms with Crippen molar-refractivity contribution < 1.29 is 9.53 Å². The van der Waals surface area contributed by atoms with Crippen molar-refractivity contribution in [3.05, 3.63) is 58.3 Å². The lowest BCUT2D eigenvalue weighted by molar-refractivity contribution is 0.245. The first kappa shape index (κ1) is 14.3. The standard InChI is InChI=1S/C17H14BrN3O2/c1-23-12-5-2-10(3-6-12)8-14-16-19-13-9-11(18)4-7-15(13)21(16)17(22)20-14/h2-7,9,14H,8H2,1H3,(H,20,22)/t14-/m1/s1. The predicted octanol–water partition coefficient (Wildman–Crippen LogP) is 3.66. The topological polar surface area (TPSA) is 56.1 Å². The molecule has 116 valence electrons. The summed E-state index contributed by atoms with van der Waals surface area (Å²) in [5.74, 6) is 1.58. The van der Waals surface area contributed by atoms with E-state index in [1.54, 1.807) is 11.7 Å². The molecule has 3 aromatic rings. The molecule has 2 aromatic carbocycles. The monoisotopic (exact) mass is 371 g/mol. The Morgan fingerprint density at radius 1 is 1.26 bits per heavy atom. The lowest BCUT2D eigenvalue weighted by Crippen LogP contribution is -2.22. The highest BCUT2D eigenvalue weighted by Crippen LogP contribution is 2.29. The smallest absolute Gasteiger partial charge is 0.328 e. The van der Waals surface area contributed by atoms with E-state index in [0.29, 0.717) is 6.42 Å². The summed E-state index contributed by atoms with van der Waals surface area (Å²) in [6.45, 7) is 0. The Morgan fingerprint density at radius 2 is 2.04 bits per heavy atom. The van der Waals surface area contributed by atoms with E-state index >= 15 is 0 Å². The van der Waals surface area contributed by atoms with E-state index in [1.807, 2.05) is 42.5 Å². The molecule has 0 saturated carbocycles. The number of carbonyl (C=O) groups excluding carboxylic acids is 1. The van der Waals surface area contributed by atoms with Gasteiger partial charge in [-0.15, -0.1) is 0 Å². The van der Waals surface area contributed by atoms with Gasteiger partial charge in [0.15, 0.2) is 0 Å². The van der Waals surface area contributed by atoms with Crippen molar-refractivity contribution in [2.45, 2.75) is 12.5 Å². The van der Waals surface area contributed by atoms with Crippen LogP contribution in [-0.4, -0.2) is 22.7 Å². The summed E-state index contributed by atoms with van der Waals surface area (Å²) in [7, 11) is 1.65. The first-order chi connectivity index (χ1) is 11.2. The van der Waals surface area contributed by atoms with E-state index in [-0.39, 0.29) is 12.1 Å². The molecule has 23 heavy (non-hydrogen) atoms. The second-order valence-electron chi connectivity index (χ2n) is 5.49. The van der Waals surface area contributed by atoms with E-state index in [1.165, 1.54) is 0 Å². The zero-order valence-electron chi connectivity index (χ0n) is 12.4. The molecule has 0 aliphatic carbocycles. The van der Waals surface area contributed by atoms with Gasteiger partial charge in [-0.25, -0.2) is 14.3 Å². The highest BCUT2D eigenvalue weighted by atomic mass is 79.9. The largest absolute Gasteiger partial charge is 0.497 e. The fourth-order valence-electron chi connectivity index (χ4n) is 2.94. The molecule has 1 amide bonds. The number of methoxy groups -OCH3 is 1. The zero-order chi connectivity index (χ0) is 16.0. The fourth-order valence-corrected chi connectivity index (χ4v) is 3.29. The molecule has 1 aliphatic heterocycles. The van der Waals surface area contributed by atoms with Gasteiger partial charge in [0.2, 0.25) is 0 Å². The van der Waals surface area contributed by atoms with Crippen LogP contribution >= 0.6 is 15.9 Å². The summed E-state index contributed by atoms with van der Waals surface area (Å²) < 4.78 is 7.79. The third-order valence-electron chi connectivity index (χ3n) is 4.05. The third-order valence-corrected chi connectivity index (χ3v) is 4.55. The quantitative estimate of drug-likeness (QED) is 0.764. The van der Waals surface area contributed by atoms with E-state index < -0.39 is 0 Å². The number of fused-ring (bicyclic) bond motifs is 3. The summed E-state index contributed by atoms with van der Waals surface area (Å²) >= 11 is 3.44. The van der Waals surface area contributed by atoms with Crippen molar-refractivity contribution in [2.24, 2.45) is 0 Å². The molecule has 0 saturated heterocycles. The highest BCUT2D eigenvalue weighted by molar-refractivity contribution is 9.10. The molecule has 0 bridgehead atoms. The van der Waals surface area contributed by atoms with Gasteiger partial charge in [-0.3, -0.25) is 0 Å². The molecule has 0 spiro atoms. The van der Waals surface area contributed by atoms with Gasteiger partial charge < -0.3 is 10.1 Å². The molecule has 1 aliphatic rings. The number of amides is 1. The van der Waals surface area contributed by atoms with Gasteiger partial charge in [-0.1, -0.05) is 28.1 Å². The van der Waals surface area contributed by atoms with Gasteiger partial charge >= 0.3 is 6.03 Å². The lowest BCUT2D eigenvalue weighted by atomic mass is 10.1. The first-order valence-electron chi connectivity index (χ1n) is 7.27. The number of imidazole rings is 1. The molecular weight excluding hydrogens is 358 g/mol. The van der Waals surface area contributed by atoms with Crippen molar-refractivity contribution in [1.82, 2.24) is 14.9 Å². The molecule has 1 aromatic heterocycles. The second-order valence-corrected chi connectivity index (χ2v) is 6.41. The van der Waals surface area contributed by atoms with Crippen LogP contribution in [0.4, 0.5) is 4.79 Å². The van der Waals surface area contributed by atoms with E-state index in [9.17, 15) is 4.79 Å². The molecule has 0 radical (unpaired) electrons. The van der Waals surface area contributed by atoms with Gasteiger partial charge in [0.1, 0.15) is 11.6 Å². The molecule has 2 heterocycles. The van der Waals surface area contributed by atoms with Gasteiger partial charge in [0.25, 0.3) is 0 Å². The number of ether oxygens (including phenoxy) is 1. The van der Waals surface area contributed by atoms with Crippen molar-refractivity contribution in [3.63, 3.8) is 0 Å². The zero-order valence-corrected chi connectivity index (χ0v) is 14.0. The summed E-state index contributed by atoms with van der Waals surface area (Å²) in [4.78, 5) is 16.9. The maximum atomic E-state index is 12.3. The normalized spacial score (nSPS) is 16.4. The first-order valence-corrected chi connectivity index (χ1v) is 8.07. The third kappa shape index (κ3) is 2.39. The van der Waals surface area contributed by atoms with Gasteiger partial charge in [-0.2, -0.15) is 0 Å². The van der Waals surface area contributed by atoms with Crippen molar-refractivity contribution >= 4 is 33.0 Å². The molecule has 6 heteroatoms. The van der Waals surface area contributed by atoms with E-state index in [0.717, 1.165) is 32.6 Å². The van der Waals surface area contributed by atoms with Crippen LogP contribution in [0.2, 0.25) is 0 Å². The highest BCUT2D eigenvalue weighted by Gasteiger charge is 2.32. The number of hydrogen-bond donors (Lipinski definition) is 1. The summed E-state index contributed by atoms with van der Waals surface area (Å²) in [5, 5.41) is 3.00. The molecule has 1 N–H and O–H groups in total. The number of hydrogen-bond acceptors (Lipinski definition) is 3. The Bertz CT molecular complexity index is 902. The van der Waals surface area contributed by atoms with Crippen molar-refractivity contribution in [3.8, 4) is 5.75 Å². The Kier molecular flexibility index (Phi) is 3.34. The van der Waals surface area contributed by atoms with Crippen LogP contribution in [0.25, 0.3) is 11.0 Å². The van der Waals surface area contributed by atoms with Crippen molar-refractivity contribution in [1.29, 1.82) is 0 Å². The minimum Gasteiger partial charge on any atom is -0.497 e. The van der Waals surface area contributed by atoms with E-state index in [4.69, 9.17) is 4.74 Å². The second kappa shape index (κ2) is 5.38. The summed E-state index contributed by atoms with van der Waals surface area (Å²) in [5.41, 5.74) is 2.78. The Labute approximate surface area is 141 Å². The summed E-state index contributed by atoms with van der Waals surface area (Å²) in [6, 6.07) is 13.4. The maximum absolute atomic E-state index is 12.3. The molecule has 5 nitrogen and oxygen atoms in total. The maximum Gasteiger partial charge on any atom is 0.328 e. The average molecular weight is 372 g/mol. The molecule has 4 rings (SSSR count). The van der Waals surface area contributed by atoms with Crippen LogP contribution in [-0.2, 0) is 6.42 Å². The van der Waals surface area contributed by atoms with E-state index in [2.05, 4.69) is 26.2 Å². The van der Waals surface area contributed by atoms with Crippen LogP contribution in [0.3, 0.4) is 0 Å². The minimum atomic E-state index is -0.123. The van der Waals surface area contributed by atoms with Crippen LogP contribution in [0.15, 0.2) is 46.9 Å². The molecule has 0 fully saturated rings. The predicted molar refractivity (Wildman–Crippen MR) is 90.8 cm³/mol. The van der Waals surface area contributed by atoms with Gasteiger partial charge in [0.05, 0.1) is 24.2 Å². The molecular formula is C17H14BrN3O2. The number of benzene rings is 2. The van der Waals surface area contributed by atoms with Gasteiger partial charge in [0, 0.05) is 4.47 Å². The molecule has 0 unspecified atom stereocenters. The average Bonchev–Trinajstić information content (AvgIpc) is 3.06. The number of nitrogens with zero attached hydrogens (tertiary/aromatic N) is 2. The Morgan fingerprint density at radius 3 is 2.78 bits per heavy atom. The number of aromatic nitrogens is 2. The van der Waals surface area contributed by atoms with Crippen LogP contribution in [0.1, 0.15) is 17.4 Å². The fraction of sp³-hybridized carbons (Fsp3) is 0.176.